The summed E-state index contributed by atoms with van der Waals surface area (Å²) in [6.45, 7) is 2.89. The Labute approximate surface area is 190 Å². The van der Waals surface area contributed by atoms with Crippen molar-refractivity contribution in [2.45, 2.75) is 43.5 Å². The second-order valence-electron chi connectivity index (χ2n) is 8.12. The normalized spacial score (nSPS) is 19.7. The second-order valence-corrected chi connectivity index (χ2v) is 11.4. The number of nitrogens with one attached hydrogen (secondary N) is 2. The predicted octanol–water partition coefficient (Wildman–Crippen LogP) is 3.97. The number of carbonyl (C=O) groups excluding carboxylic acids is 2. The van der Waals surface area contributed by atoms with E-state index < -0.39 is 15.9 Å². The average molecular weight is 482 g/mol. The van der Waals surface area contributed by atoms with Gasteiger partial charge in [-0.15, -0.1) is 11.3 Å². The summed E-state index contributed by atoms with van der Waals surface area (Å²) >= 11 is 7.46. The van der Waals surface area contributed by atoms with Gasteiger partial charge in [-0.25, -0.2) is 8.42 Å². The van der Waals surface area contributed by atoms with Crippen LogP contribution in [0.1, 0.15) is 53.3 Å². The van der Waals surface area contributed by atoms with Gasteiger partial charge in [-0.2, -0.15) is 4.31 Å². The molecule has 2 N–H and O–H groups in total. The minimum absolute atomic E-state index is 0.0752. The van der Waals surface area contributed by atoms with E-state index in [0.29, 0.717) is 23.7 Å². The summed E-state index contributed by atoms with van der Waals surface area (Å²) in [5.74, 6) is -0.450. The van der Waals surface area contributed by atoms with Crippen LogP contribution in [0.5, 0.6) is 0 Å². The molecule has 2 aliphatic rings. The molecule has 2 heterocycles. The van der Waals surface area contributed by atoms with Crippen LogP contribution in [0.2, 0.25) is 5.02 Å². The first kappa shape index (κ1) is 22.3. The zero-order valence-corrected chi connectivity index (χ0v) is 19.4. The number of anilines is 1. The van der Waals surface area contributed by atoms with Crippen molar-refractivity contribution in [1.82, 2.24) is 9.62 Å². The standard InChI is InChI=1S/C21H24ClN3O4S2/c1-13-3-2-9-25(12-13)31(28,29)18-11-14(4-7-17(18)22)19(26)24-21-16(8-10-30-21)20(27)23-15-5-6-15/h4,7-8,10-11,13,15H,2-3,5-6,9,12H2,1H3,(H,23,27)(H,24,26). The highest BCUT2D eigenvalue weighted by Crippen LogP contribution is 2.30. The number of sulfonamides is 1. The molecular formula is C21H24ClN3O4S2. The highest BCUT2D eigenvalue weighted by atomic mass is 35.5. The average Bonchev–Trinajstić information content (AvgIpc) is 3.42. The fourth-order valence-corrected chi connectivity index (χ4v) is 6.48. The first-order chi connectivity index (χ1) is 14.8. The SMILES string of the molecule is CC1CCCN(S(=O)(=O)c2cc(C(=O)Nc3sccc3C(=O)NC3CC3)ccc2Cl)C1. The third-order valence-corrected chi connectivity index (χ3v) is 8.66. The summed E-state index contributed by atoms with van der Waals surface area (Å²) in [5, 5.41) is 7.86. The van der Waals surface area contributed by atoms with Crippen LogP contribution in [0.25, 0.3) is 0 Å². The number of hydrogen-bond acceptors (Lipinski definition) is 5. The minimum atomic E-state index is -3.81. The smallest absolute Gasteiger partial charge is 0.256 e. The summed E-state index contributed by atoms with van der Waals surface area (Å²) < 4.78 is 27.7. The highest BCUT2D eigenvalue weighted by molar-refractivity contribution is 7.89. The molecule has 1 atom stereocenters. The van der Waals surface area contributed by atoms with Gasteiger partial charge in [-0.3, -0.25) is 9.59 Å². The van der Waals surface area contributed by atoms with Crippen molar-refractivity contribution in [2.75, 3.05) is 18.4 Å². The summed E-state index contributed by atoms with van der Waals surface area (Å²) in [4.78, 5) is 25.1. The van der Waals surface area contributed by atoms with Crippen LogP contribution in [0.4, 0.5) is 5.00 Å². The van der Waals surface area contributed by atoms with E-state index >= 15 is 0 Å². The van der Waals surface area contributed by atoms with E-state index in [1.165, 1.54) is 33.8 Å². The Morgan fingerprint density at radius 2 is 1.94 bits per heavy atom. The zero-order chi connectivity index (χ0) is 22.2. The Balaban J connectivity index is 1.55. The molecule has 2 aromatic rings. The van der Waals surface area contributed by atoms with Gasteiger partial charge < -0.3 is 10.6 Å². The summed E-state index contributed by atoms with van der Waals surface area (Å²) in [6, 6.07) is 6.08. The molecule has 166 valence electrons. The third kappa shape index (κ3) is 4.95. The van der Waals surface area contributed by atoms with Crippen molar-refractivity contribution in [3.63, 3.8) is 0 Å². The Hall–Kier alpha value is -1.94. The van der Waals surface area contributed by atoms with E-state index in [1.54, 1.807) is 11.4 Å². The molecule has 1 unspecified atom stereocenters. The Bertz CT molecular complexity index is 1110. The van der Waals surface area contributed by atoms with Crippen molar-refractivity contribution in [2.24, 2.45) is 5.92 Å². The first-order valence-electron chi connectivity index (χ1n) is 10.2. The van der Waals surface area contributed by atoms with Gasteiger partial charge in [0, 0.05) is 24.7 Å². The summed E-state index contributed by atoms with van der Waals surface area (Å²) in [6.07, 6.45) is 3.71. The number of amides is 2. The second kappa shape index (κ2) is 8.90. The number of nitrogens with zero attached hydrogens (tertiary/aromatic N) is 1. The van der Waals surface area contributed by atoms with Gasteiger partial charge >= 0.3 is 0 Å². The van der Waals surface area contributed by atoms with Gasteiger partial charge in [0.1, 0.15) is 9.90 Å². The van der Waals surface area contributed by atoms with Crippen LogP contribution in [-0.2, 0) is 10.0 Å². The Kier molecular flexibility index (Phi) is 6.39. The number of halogens is 1. The topological polar surface area (TPSA) is 95.6 Å². The lowest BCUT2D eigenvalue weighted by atomic mass is 10.0. The lowest BCUT2D eigenvalue weighted by Gasteiger charge is -2.30. The molecule has 2 fully saturated rings. The van der Waals surface area contributed by atoms with Crippen molar-refractivity contribution in [3.05, 3.63) is 45.8 Å². The molecule has 0 bridgehead atoms. The van der Waals surface area contributed by atoms with Crippen molar-refractivity contribution < 1.29 is 18.0 Å². The molecule has 1 aliphatic heterocycles. The van der Waals surface area contributed by atoms with E-state index in [-0.39, 0.29) is 33.3 Å². The fraction of sp³-hybridized carbons (Fsp3) is 0.429. The molecule has 2 amide bonds. The van der Waals surface area contributed by atoms with E-state index in [2.05, 4.69) is 10.6 Å². The van der Waals surface area contributed by atoms with Crippen molar-refractivity contribution in [1.29, 1.82) is 0 Å². The maximum absolute atomic E-state index is 13.2. The molecule has 1 aromatic heterocycles. The molecule has 1 saturated heterocycles. The number of thiophene rings is 1. The lowest BCUT2D eigenvalue weighted by molar-refractivity contribution is 0.0952. The molecule has 7 nitrogen and oxygen atoms in total. The molecule has 1 aromatic carbocycles. The molecule has 0 radical (unpaired) electrons. The number of rotatable bonds is 6. The van der Waals surface area contributed by atoms with Crippen LogP contribution in [0.3, 0.4) is 0 Å². The van der Waals surface area contributed by atoms with E-state index in [4.69, 9.17) is 11.6 Å². The van der Waals surface area contributed by atoms with Gasteiger partial charge in [-0.05, 0) is 61.2 Å². The Morgan fingerprint density at radius 1 is 1.16 bits per heavy atom. The number of hydrogen-bond donors (Lipinski definition) is 2. The maximum Gasteiger partial charge on any atom is 0.256 e. The molecule has 1 saturated carbocycles. The lowest BCUT2D eigenvalue weighted by Crippen LogP contribution is -2.39. The monoisotopic (exact) mass is 481 g/mol. The fourth-order valence-electron chi connectivity index (χ4n) is 3.60. The first-order valence-corrected chi connectivity index (χ1v) is 12.9. The van der Waals surface area contributed by atoms with Gasteiger partial charge in [-0.1, -0.05) is 18.5 Å². The largest absolute Gasteiger partial charge is 0.349 e. The van der Waals surface area contributed by atoms with Crippen LogP contribution in [-0.4, -0.2) is 43.7 Å². The number of piperidine rings is 1. The summed E-state index contributed by atoms with van der Waals surface area (Å²) in [7, 11) is -3.81. The van der Waals surface area contributed by atoms with Gasteiger partial charge in [0.05, 0.1) is 10.6 Å². The maximum atomic E-state index is 13.2. The Morgan fingerprint density at radius 3 is 2.65 bits per heavy atom. The van der Waals surface area contributed by atoms with Gasteiger partial charge in [0.25, 0.3) is 11.8 Å². The quantitative estimate of drug-likeness (QED) is 0.652. The summed E-state index contributed by atoms with van der Waals surface area (Å²) in [5.41, 5.74) is 0.560. The zero-order valence-electron chi connectivity index (χ0n) is 17.1. The number of benzene rings is 1. The van der Waals surface area contributed by atoms with E-state index in [9.17, 15) is 18.0 Å². The highest BCUT2D eigenvalue weighted by Gasteiger charge is 2.31. The molecule has 0 spiro atoms. The van der Waals surface area contributed by atoms with E-state index in [1.807, 2.05) is 6.92 Å². The molecule has 4 rings (SSSR count). The predicted molar refractivity (Wildman–Crippen MR) is 121 cm³/mol. The van der Waals surface area contributed by atoms with Gasteiger partial charge in [0.2, 0.25) is 10.0 Å². The van der Waals surface area contributed by atoms with Crippen molar-refractivity contribution in [3.8, 4) is 0 Å². The molecule has 31 heavy (non-hydrogen) atoms. The van der Waals surface area contributed by atoms with Crippen LogP contribution >= 0.6 is 22.9 Å². The number of carbonyl (C=O) groups is 2. The van der Waals surface area contributed by atoms with E-state index in [0.717, 1.165) is 25.7 Å². The third-order valence-electron chi connectivity index (χ3n) is 5.48. The van der Waals surface area contributed by atoms with Crippen LogP contribution in [0, 0.1) is 5.92 Å². The minimum Gasteiger partial charge on any atom is -0.349 e. The van der Waals surface area contributed by atoms with Crippen LogP contribution < -0.4 is 10.6 Å². The van der Waals surface area contributed by atoms with Gasteiger partial charge in [0.15, 0.2) is 0 Å². The molecule has 10 heteroatoms. The molecular weight excluding hydrogens is 458 g/mol. The molecule has 1 aliphatic carbocycles. The van der Waals surface area contributed by atoms with Crippen LogP contribution in [0.15, 0.2) is 34.5 Å². The van der Waals surface area contributed by atoms with Crippen molar-refractivity contribution >= 4 is 49.8 Å².